The summed E-state index contributed by atoms with van der Waals surface area (Å²) < 4.78 is 6.41. The molecule has 0 aliphatic heterocycles. The van der Waals surface area contributed by atoms with Gasteiger partial charge >= 0.3 is 0 Å². The molecule has 1 aliphatic carbocycles. The molecule has 0 heterocycles. The van der Waals surface area contributed by atoms with Crippen molar-refractivity contribution in [3.05, 3.63) is 34.9 Å². The van der Waals surface area contributed by atoms with E-state index in [-0.39, 0.29) is 6.10 Å². The first kappa shape index (κ1) is 16.8. The predicted octanol–water partition coefficient (Wildman–Crippen LogP) is 4.98. The van der Waals surface area contributed by atoms with Gasteiger partial charge < -0.3 is 10.1 Å². The van der Waals surface area contributed by atoms with Crippen LogP contribution in [0.3, 0.4) is 0 Å². The Morgan fingerprint density at radius 1 is 1.29 bits per heavy atom. The molecule has 3 heteroatoms. The van der Waals surface area contributed by atoms with Crippen molar-refractivity contribution in [2.24, 2.45) is 5.92 Å². The summed E-state index contributed by atoms with van der Waals surface area (Å²) in [4.78, 5) is 0. The Balaban J connectivity index is 1.98. The van der Waals surface area contributed by atoms with Gasteiger partial charge in [-0.1, -0.05) is 37.6 Å². The van der Waals surface area contributed by atoms with Crippen LogP contribution in [0, 0.1) is 5.92 Å². The SMILES string of the molecule is CCCNCC(OC1CCC(C)CC1)c1cccc(Cl)c1. The van der Waals surface area contributed by atoms with Gasteiger partial charge in [-0.3, -0.25) is 0 Å². The number of hydrogen-bond donors (Lipinski definition) is 1. The summed E-state index contributed by atoms with van der Waals surface area (Å²) in [5.74, 6) is 0.854. The first-order chi connectivity index (χ1) is 10.2. The first-order valence-electron chi connectivity index (χ1n) is 8.30. The van der Waals surface area contributed by atoms with Crippen LogP contribution in [0.1, 0.15) is 57.6 Å². The molecule has 21 heavy (non-hydrogen) atoms. The number of nitrogens with one attached hydrogen (secondary N) is 1. The van der Waals surface area contributed by atoms with E-state index in [2.05, 4.69) is 25.2 Å². The standard InChI is InChI=1S/C18H28ClNO/c1-3-11-20-13-18(15-5-4-6-16(19)12-15)21-17-9-7-14(2)8-10-17/h4-6,12,14,17-18,20H,3,7-11,13H2,1-2H3. The van der Waals surface area contributed by atoms with Crippen LogP contribution < -0.4 is 5.32 Å². The maximum atomic E-state index is 6.41. The van der Waals surface area contributed by atoms with Crippen LogP contribution in [-0.2, 0) is 4.74 Å². The van der Waals surface area contributed by atoms with Crippen LogP contribution in [0.4, 0.5) is 0 Å². The van der Waals surface area contributed by atoms with E-state index in [1.54, 1.807) is 0 Å². The molecular weight excluding hydrogens is 282 g/mol. The molecule has 0 bridgehead atoms. The minimum absolute atomic E-state index is 0.105. The third-order valence-corrected chi connectivity index (χ3v) is 4.53. The molecule has 0 saturated heterocycles. The van der Waals surface area contributed by atoms with Gasteiger partial charge in [0.05, 0.1) is 12.2 Å². The van der Waals surface area contributed by atoms with E-state index in [1.807, 2.05) is 18.2 Å². The van der Waals surface area contributed by atoms with Gasteiger partial charge in [0.2, 0.25) is 0 Å². The minimum Gasteiger partial charge on any atom is -0.369 e. The summed E-state index contributed by atoms with van der Waals surface area (Å²) in [7, 11) is 0. The second-order valence-electron chi connectivity index (χ2n) is 6.27. The van der Waals surface area contributed by atoms with E-state index in [0.717, 1.165) is 30.5 Å². The highest BCUT2D eigenvalue weighted by molar-refractivity contribution is 6.30. The fourth-order valence-electron chi connectivity index (χ4n) is 2.96. The van der Waals surface area contributed by atoms with E-state index >= 15 is 0 Å². The highest BCUT2D eigenvalue weighted by Crippen LogP contribution is 2.30. The molecule has 118 valence electrons. The third-order valence-electron chi connectivity index (χ3n) is 4.30. The maximum absolute atomic E-state index is 6.41. The Morgan fingerprint density at radius 3 is 2.71 bits per heavy atom. The van der Waals surface area contributed by atoms with Gasteiger partial charge in [-0.15, -0.1) is 0 Å². The van der Waals surface area contributed by atoms with Crippen molar-refractivity contribution >= 4 is 11.6 Å². The lowest BCUT2D eigenvalue weighted by molar-refractivity contribution is -0.0362. The fraction of sp³-hybridized carbons (Fsp3) is 0.667. The van der Waals surface area contributed by atoms with Crippen LogP contribution in [0.15, 0.2) is 24.3 Å². The monoisotopic (exact) mass is 309 g/mol. The van der Waals surface area contributed by atoms with Crippen LogP contribution in [0.5, 0.6) is 0 Å². The zero-order valence-electron chi connectivity index (χ0n) is 13.3. The van der Waals surface area contributed by atoms with Gasteiger partial charge in [-0.2, -0.15) is 0 Å². The Morgan fingerprint density at radius 2 is 2.05 bits per heavy atom. The quantitative estimate of drug-likeness (QED) is 0.717. The van der Waals surface area contributed by atoms with Crippen LogP contribution in [-0.4, -0.2) is 19.2 Å². The Kier molecular flexibility index (Phi) is 7.01. The number of halogens is 1. The van der Waals surface area contributed by atoms with Gasteiger partial charge in [0.15, 0.2) is 0 Å². The highest BCUT2D eigenvalue weighted by atomic mass is 35.5. The molecule has 2 nitrogen and oxygen atoms in total. The van der Waals surface area contributed by atoms with Crippen molar-refractivity contribution in [2.45, 2.75) is 58.2 Å². The fourth-order valence-corrected chi connectivity index (χ4v) is 3.16. The van der Waals surface area contributed by atoms with Crippen molar-refractivity contribution < 1.29 is 4.74 Å². The summed E-state index contributed by atoms with van der Waals surface area (Å²) in [5, 5.41) is 4.27. The van der Waals surface area contributed by atoms with Crippen molar-refractivity contribution in [2.75, 3.05) is 13.1 Å². The summed E-state index contributed by atoms with van der Waals surface area (Å²) in [6.07, 6.45) is 6.59. The van der Waals surface area contributed by atoms with Crippen LogP contribution in [0.2, 0.25) is 5.02 Å². The molecule has 1 aliphatic rings. The van der Waals surface area contributed by atoms with E-state index in [4.69, 9.17) is 16.3 Å². The van der Waals surface area contributed by atoms with Crippen LogP contribution >= 0.6 is 11.6 Å². The second-order valence-corrected chi connectivity index (χ2v) is 6.70. The van der Waals surface area contributed by atoms with E-state index in [9.17, 15) is 0 Å². The largest absolute Gasteiger partial charge is 0.369 e. The van der Waals surface area contributed by atoms with Crippen molar-refractivity contribution in [3.63, 3.8) is 0 Å². The molecule has 1 N–H and O–H groups in total. The number of rotatable bonds is 7. The first-order valence-corrected chi connectivity index (χ1v) is 8.68. The number of hydrogen-bond acceptors (Lipinski definition) is 2. The van der Waals surface area contributed by atoms with Gasteiger partial charge in [-0.25, -0.2) is 0 Å². The Bertz CT molecular complexity index is 415. The van der Waals surface area contributed by atoms with Crippen molar-refractivity contribution in [1.82, 2.24) is 5.32 Å². The molecule has 0 amide bonds. The lowest BCUT2D eigenvalue weighted by Gasteiger charge is -2.30. The number of benzene rings is 1. The molecule has 0 aromatic heterocycles. The molecule has 1 saturated carbocycles. The molecule has 1 atom stereocenters. The maximum Gasteiger partial charge on any atom is 0.0953 e. The topological polar surface area (TPSA) is 21.3 Å². The van der Waals surface area contributed by atoms with Gasteiger partial charge in [-0.05, 0) is 62.3 Å². The zero-order valence-corrected chi connectivity index (χ0v) is 14.0. The molecule has 1 unspecified atom stereocenters. The smallest absolute Gasteiger partial charge is 0.0953 e. The van der Waals surface area contributed by atoms with E-state index in [0.29, 0.717) is 6.10 Å². The van der Waals surface area contributed by atoms with Crippen molar-refractivity contribution in [3.8, 4) is 0 Å². The van der Waals surface area contributed by atoms with Gasteiger partial charge in [0.25, 0.3) is 0 Å². The molecule has 1 fully saturated rings. The molecule has 0 radical (unpaired) electrons. The molecule has 1 aromatic rings. The van der Waals surface area contributed by atoms with Gasteiger partial charge in [0, 0.05) is 11.6 Å². The minimum atomic E-state index is 0.105. The molecular formula is C18H28ClNO. The average molecular weight is 310 g/mol. The number of ether oxygens (including phenoxy) is 1. The van der Waals surface area contributed by atoms with E-state index in [1.165, 1.54) is 31.2 Å². The highest BCUT2D eigenvalue weighted by Gasteiger charge is 2.23. The normalized spacial score (nSPS) is 24.0. The van der Waals surface area contributed by atoms with Crippen molar-refractivity contribution in [1.29, 1.82) is 0 Å². The van der Waals surface area contributed by atoms with E-state index < -0.39 is 0 Å². The summed E-state index contributed by atoms with van der Waals surface area (Å²) in [6.45, 7) is 6.42. The summed E-state index contributed by atoms with van der Waals surface area (Å²) >= 11 is 6.14. The zero-order chi connectivity index (χ0) is 15.1. The lowest BCUT2D eigenvalue weighted by Crippen LogP contribution is -2.29. The molecule has 2 rings (SSSR count). The average Bonchev–Trinajstić information content (AvgIpc) is 2.48. The second kappa shape index (κ2) is 8.77. The molecule has 0 spiro atoms. The lowest BCUT2D eigenvalue weighted by atomic mass is 9.89. The third kappa shape index (κ3) is 5.61. The Labute approximate surface area is 134 Å². The summed E-state index contributed by atoms with van der Waals surface area (Å²) in [5.41, 5.74) is 1.18. The van der Waals surface area contributed by atoms with Gasteiger partial charge in [0.1, 0.15) is 0 Å². The molecule has 1 aromatic carbocycles. The summed E-state index contributed by atoms with van der Waals surface area (Å²) in [6, 6.07) is 8.08. The predicted molar refractivity (Wildman–Crippen MR) is 89.9 cm³/mol. The Hall–Kier alpha value is -0.570. The van der Waals surface area contributed by atoms with Crippen LogP contribution in [0.25, 0.3) is 0 Å².